The molecule has 14 heavy (non-hydrogen) atoms. The minimum Gasteiger partial charge on any atom is -0.329 e. The molecule has 0 radical (unpaired) electrons. The van der Waals surface area contributed by atoms with Crippen LogP contribution in [0.15, 0.2) is 0 Å². The molecule has 2 fully saturated rings. The number of sulfone groups is 1. The van der Waals surface area contributed by atoms with Gasteiger partial charge in [-0.1, -0.05) is 0 Å². The molecule has 1 heterocycles. The predicted octanol–water partition coefficient (Wildman–Crippen LogP) is -0.403. The summed E-state index contributed by atoms with van der Waals surface area (Å²) in [5.41, 5.74) is 5.84. The largest absolute Gasteiger partial charge is 0.329 e. The van der Waals surface area contributed by atoms with Crippen LogP contribution < -0.4 is 5.73 Å². The van der Waals surface area contributed by atoms with Crippen LogP contribution in [0, 0.1) is 0 Å². The van der Waals surface area contributed by atoms with Crippen LogP contribution in [0.5, 0.6) is 0 Å². The first-order valence-corrected chi connectivity index (χ1v) is 6.95. The van der Waals surface area contributed by atoms with Crippen molar-refractivity contribution in [3.63, 3.8) is 0 Å². The lowest BCUT2D eigenvalue weighted by Crippen LogP contribution is -2.46. The second-order valence-electron chi connectivity index (χ2n) is 4.60. The lowest BCUT2D eigenvalue weighted by Gasteiger charge is -2.31. The molecule has 0 spiro atoms. The second-order valence-corrected chi connectivity index (χ2v) is 6.82. The van der Waals surface area contributed by atoms with Gasteiger partial charge in [0.05, 0.1) is 11.5 Å². The Kier molecular flexibility index (Phi) is 2.36. The fourth-order valence-corrected chi connectivity index (χ4v) is 4.09. The van der Waals surface area contributed by atoms with Gasteiger partial charge >= 0.3 is 0 Å². The SMILES string of the molecule is CN(C1CCS(=O)(=O)C1)C1(CN)CC1. The topological polar surface area (TPSA) is 63.4 Å². The molecule has 1 saturated heterocycles. The van der Waals surface area contributed by atoms with E-state index in [1.807, 2.05) is 7.05 Å². The van der Waals surface area contributed by atoms with Crippen molar-refractivity contribution in [1.29, 1.82) is 0 Å². The molecule has 1 aliphatic carbocycles. The molecule has 0 amide bonds. The quantitative estimate of drug-likeness (QED) is 0.700. The van der Waals surface area contributed by atoms with Gasteiger partial charge in [0.15, 0.2) is 9.84 Å². The van der Waals surface area contributed by atoms with Gasteiger partial charge in [-0.2, -0.15) is 0 Å². The molecule has 0 aromatic heterocycles. The summed E-state index contributed by atoms with van der Waals surface area (Å²) in [6.07, 6.45) is 3.02. The van der Waals surface area contributed by atoms with Crippen molar-refractivity contribution in [2.75, 3.05) is 25.1 Å². The van der Waals surface area contributed by atoms with Crippen molar-refractivity contribution in [2.45, 2.75) is 30.8 Å². The van der Waals surface area contributed by atoms with Crippen molar-refractivity contribution in [3.05, 3.63) is 0 Å². The van der Waals surface area contributed by atoms with Crippen molar-refractivity contribution in [1.82, 2.24) is 4.90 Å². The van der Waals surface area contributed by atoms with E-state index < -0.39 is 9.84 Å². The molecule has 1 saturated carbocycles. The summed E-state index contributed by atoms with van der Waals surface area (Å²) in [5.74, 6) is 0.675. The van der Waals surface area contributed by atoms with Crippen molar-refractivity contribution >= 4 is 9.84 Å². The Balaban J connectivity index is 2.04. The molecule has 0 aromatic carbocycles. The van der Waals surface area contributed by atoms with Gasteiger partial charge in [-0.15, -0.1) is 0 Å². The number of nitrogens with two attached hydrogens (primary N) is 1. The van der Waals surface area contributed by atoms with Gasteiger partial charge in [0.2, 0.25) is 0 Å². The van der Waals surface area contributed by atoms with Crippen LogP contribution in [0.3, 0.4) is 0 Å². The Bertz CT molecular complexity index is 322. The third-order valence-electron chi connectivity index (χ3n) is 3.71. The van der Waals surface area contributed by atoms with Gasteiger partial charge < -0.3 is 5.73 Å². The van der Waals surface area contributed by atoms with Crippen LogP contribution in [0.2, 0.25) is 0 Å². The van der Waals surface area contributed by atoms with Crippen molar-refractivity contribution in [3.8, 4) is 0 Å². The van der Waals surface area contributed by atoms with Crippen LogP contribution in [0.1, 0.15) is 19.3 Å². The lowest BCUT2D eigenvalue weighted by molar-refractivity contribution is 0.173. The smallest absolute Gasteiger partial charge is 0.151 e. The molecule has 1 aliphatic heterocycles. The molecule has 4 nitrogen and oxygen atoms in total. The maximum absolute atomic E-state index is 11.3. The highest BCUT2D eigenvalue weighted by Crippen LogP contribution is 2.42. The summed E-state index contributed by atoms with van der Waals surface area (Å²) in [4.78, 5) is 2.21. The van der Waals surface area contributed by atoms with Crippen molar-refractivity contribution < 1.29 is 8.42 Å². The first-order valence-electron chi connectivity index (χ1n) is 5.13. The highest BCUT2D eigenvalue weighted by molar-refractivity contribution is 7.91. The fraction of sp³-hybridized carbons (Fsp3) is 1.00. The Morgan fingerprint density at radius 1 is 1.50 bits per heavy atom. The Morgan fingerprint density at radius 2 is 2.14 bits per heavy atom. The minimum absolute atomic E-state index is 0.129. The molecule has 2 aliphatic rings. The number of rotatable bonds is 3. The molecular weight excluding hydrogens is 200 g/mol. The molecule has 1 unspecified atom stereocenters. The van der Waals surface area contributed by atoms with Crippen LogP contribution >= 0.6 is 0 Å². The summed E-state index contributed by atoms with van der Waals surface area (Å²) in [6, 6.07) is 0.200. The zero-order chi connectivity index (χ0) is 10.4. The number of likely N-dealkylation sites (N-methyl/N-ethyl adjacent to an activating group) is 1. The Morgan fingerprint density at radius 3 is 2.50 bits per heavy atom. The Hall–Kier alpha value is -0.130. The molecular formula is C9H18N2O2S. The van der Waals surface area contributed by atoms with E-state index in [-0.39, 0.29) is 11.6 Å². The monoisotopic (exact) mass is 218 g/mol. The normalized spacial score (nSPS) is 33.5. The van der Waals surface area contributed by atoms with Gasteiger partial charge in [0.25, 0.3) is 0 Å². The van der Waals surface area contributed by atoms with Gasteiger partial charge in [-0.25, -0.2) is 8.42 Å². The van der Waals surface area contributed by atoms with E-state index in [0.29, 0.717) is 18.1 Å². The number of hydrogen-bond donors (Lipinski definition) is 1. The van der Waals surface area contributed by atoms with Crippen LogP contribution in [-0.4, -0.2) is 50.0 Å². The predicted molar refractivity (Wildman–Crippen MR) is 55.8 cm³/mol. The van der Waals surface area contributed by atoms with E-state index in [1.54, 1.807) is 0 Å². The summed E-state index contributed by atoms with van der Waals surface area (Å²) in [5, 5.41) is 0. The van der Waals surface area contributed by atoms with Crippen LogP contribution in [0.4, 0.5) is 0 Å². The average Bonchev–Trinajstić information content (AvgIpc) is 2.85. The first-order chi connectivity index (χ1) is 6.49. The van der Waals surface area contributed by atoms with E-state index in [0.717, 1.165) is 19.3 Å². The minimum atomic E-state index is -2.76. The highest BCUT2D eigenvalue weighted by Gasteiger charge is 2.49. The standard InChI is InChI=1S/C9H18N2O2S/c1-11(9(7-10)3-4-9)8-2-5-14(12,13)6-8/h8H,2-7,10H2,1H3. The maximum Gasteiger partial charge on any atom is 0.151 e. The van der Waals surface area contributed by atoms with E-state index in [1.165, 1.54) is 0 Å². The second kappa shape index (κ2) is 3.18. The summed E-state index contributed by atoms with van der Waals surface area (Å²) in [7, 11) is -0.744. The zero-order valence-corrected chi connectivity index (χ0v) is 9.39. The fourth-order valence-electron chi connectivity index (χ4n) is 2.31. The van der Waals surface area contributed by atoms with Crippen molar-refractivity contribution in [2.24, 2.45) is 5.73 Å². The third-order valence-corrected chi connectivity index (χ3v) is 5.46. The summed E-state index contributed by atoms with van der Waals surface area (Å²) >= 11 is 0. The Labute approximate surface area is 85.4 Å². The molecule has 1 atom stereocenters. The molecule has 0 aromatic rings. The van der Waals surface area contributed by atoms with E-state index in [9.17, 15) is 8.42 Å². The van der Waals surface area contributed by atoms with Crippen LogP contribution in [0.25, 0.3) is 0 Å². The van der Waals surface area contributed by atoms with Gasteiger partial charge in [-0.05, 0) is 26.3 Å². The average molecular weight is 218 g/mol. The lowest BCUT2D eigenvalue weighted by atomic mass is 10.1. The summed E-state index contributed by atoms with van der Waals surface area (Å²) < 4.78 is 22.6. The maximum atomic E-state index is 11.3. The first kappa shape index (κ1) is 10.4. The molecule has 2 N–H and O–H groups in total. The molecule has 0 bridgehead atoms. The van der Waals surface area contributed by atoms with Gasteiger partial charge in [-0.3, -0.25) is 4.90 Å². The van der Waals surface area contributed by atoms with E-state index in [2.05, 4.69) is 4.90 Å². The zero-order valence-electron chi connectivity index (χ0n) is 8.57. The van der Waals surface area contributed by atoms with E-state index in [4.69, 9.17) is 5.73 Å². The molecule has 82 valence electrons. The molecule has 5 heteroatoms. The third kappa shape index (κ3) is 1.68. The number of hydrogen-bond acceptors (Lipinski definition) is 4. The summed E-state index contributed by atoms with van der Waals surface area (Å²) in [6.45, 7) is 0.653. The highest BCUT2D eigenvalue weighted by atomic mass is 32.2. The van der Waals surface area contributed by atoms with Crippen LogP contribution in [-0.2, 0) is 9.84 Å². The van der Waals surface area contributed by atoms with Gasteiger partial charge in [0, 0.05) is 18.1 Å². The molecule has 2 rings (SSSR count). The number of nitrogens with zero attached hydrogens (tertiary/aromatic N) is 1. The van der Waals surface area contributed by atoms with E-state index >= 15 is 0 Å². The van der Waals surface area contributed by atoms with Gasteiger partial charge in [0.1, 0.15) is 0 Å².